The molecule has 0 fully saturated rings. The molecule has 4 nitrogen and oxygen atoms in total. The van der Waals surface area contributed by atoms with Crippen LogP contribution in [0.2, 0.25) is 0 Å². The van der Waals surface area contributed by atoms with Crippen molar-refractivity contribution in [2.75, 3.05) is 12.3 Å². The molecule has 0 amide bonds. The zero-order chi connectivity index (χ0) is 12.9. The summed E-state index contributed by atoms with van der Waals surface area (Å²) in [5, 5.41) is 9.13. The molecular formula is C12H17O4P. The van der Waals surface area contributed by atoms with E-state index in [4.69, 9.17) is 5.11 Å². The predicted octanol–water partition coefficient (Wildman–Crippen LogP) is 2.54. The maximum atomic E-state index is 11.8. The van der Waals surface area contributed by atoms with Crippen LogP contribution in [0.1, 0.15) is 24.8 Å². The first kappa shape index (κ1) is 13.9. The minimum absolute atomic E-state index is 0.170. The van der Waals surface area contributed by atoms with E-state index < -0.39 is 19.3 Å². The van der Waals surface area contributed by atoms with Gasteiger partial charge in [0.25, 0.3) is 0 Å². The lowest BCUT2D eigenvalue weighted by atomic mass is 10.0. The largest absolute Gasteiger partial charge is 0.481 e. The Morgan fingerprint density at radius 1 is 1.35 bits per heavy atom. The normalized spacial score (nSPS) is 16.1. The Labute approximate surface area is 101 Å². The van der Waals surface area contributed by atoms with Crippen LogP contribution in [-0.4, -0.2) is 28.3 Å². The van der Waals surface area contributed by atoms with Crippen molar-refractivity contribution in [2.45, 2.75) is 19.3 Å². The summed E-state index contributed by atoms with van der Waals surface area (Å²) < 4.78 is 11.8. The minimum atomic E-state index is -3.35. The van der Waals surface area contributed by atoms with E-state index in [-0.39, 0.29) is 12.3 Å². The zero-order valence-corrected chi connectivity index (χ0v) is 10.6. The Kier molecular flexibility index (Phi) is 4.91. The summed E-state index contributed by atoms with van der Waals surface area (Å²) in [4.78, 5) is 20.8. The molecule has 1 aromatic rings. The van der Waals surface area contributed by atoms with Crippen molar-refractivity contribution in [3.63, 3.8) is 0 Å². The molecule has 0 bridgehead atoms. The van der Waals surface area contributed by atoms with Crippen LogP contribution in [-0.2, 0) is 9.36 Å². The number of benzene rings is 1. The number of carboxylic acid groups (broad SMARTS) is 1. The van der Waals surface area contributed by atoms with Crippen molar-refractivity contribution in [3.8, 4) is 0 Å². The lowest BCUT2D eigenvalue weighted by Gasteiger charge is -2.17. The topological polar surface area (TPSA) is 74.6 Å². The summed E-state index contributed by atoms with van der Waals surface area (Å²) in [6.45, 7) is 1.81. The molecule has 2 unspecified atom stereocenters. The fraction of sp³-hybridized carbons (Fsp3) is 0.417. The van der Waals surface area contributed by atoms with Crippen molar-refractivity contribution in [2.24, 2.45) is 0 Å². The third-order valence-corrected chi connectivity index (χ3v) is 4.62. The minimum Gasteiger partial charge on any atom is -0.481 e. The molecule has 5 heteroatoms. The predicted molar refractivity (Wildman–Crippen MR) is 66.7 cm³/mol. The van der Waals surface area contributed by atoms with E-state index in [0.29, 0.717) is 12.0 Å². The molecule has 17 heavy (non-hydrogen) atoms. The van der Waals surface area contributed by atoms with Gasteiger partial charge in [-0.3, -0.25) is 9.36 Å². The smallest absolute Gasteiger partial charge is 0.311 e. The van der Waals surface area contributed by atoms with Crippen LogP contribution in [0.5, 0.6) is 0 Å². The van der Waals surface area contributed by atoms with Crippen LogP contribution >= 0.6 is 7.37 Å². The average molecular weight is 256 g/mol. The van der Waals surface area contributed by atoms with Crippen LogP contribution in [0.15, 0.2) is 30.3 Å². The van der Waals surface area contributed by atoms with Crippen LogP contribution in [0.25, 0.3) is 0 Å². The molecule has 0 spiro atoms. The lowest BCUT2D eigenvalue weighted by molar-refractivity contribution is -0.138. The standard InChI is InChI=1S/C12H17O4P/c1-2-8-17(15,16)9-11(12(13)14)10-6-4-3-5-7-10/h3-7,11H,2,8-9H2,1H3,(H,13,14)(H,15,16). The maximum Gasteiger partial charge on any atom is 0.311 e. The molecule has 0 aromatic heterocycles. The van der Waals surface area contributed by atoms with E-state index in [1.807, 2.05) is 0 Å². The monoisotopic (exact) mass is 256 g/mol. The fourth-order valence-corrected chi connectivity index (χ4v) is 3.56. The van der Waals surface area contributed by atoms with Gasteiger partial charge in [-0.2, -0.15) is 0 Å². The summed E-state index contributed by atoms with van der Waals surface area (Å²) in [7, 11) is -3.35. The second-order valence-corrected chi connectivity index (χ2v) is 6.56. The van der Waals surface area contributed by atoms with Gasteiger partial charge >= 0.3 is 5.97 Å². The first-order chi connectivity index (χ1) is 7.96. The SMILES string of the molecule is CCCP(=O)(O)CC(C(=O)O)c1ccccc1. The van der Waals surface area contributed by atoms with E-state index in [1.165, 1.54) is 0 Å². The molecule has 0 heterocycles. The third-order valence-electron chi connectivity index (χ3n) is 2.54. The van der Waals surface area contributed by atoms with Gasteiger partial charge in [-0.1, -0.05) is 37.3 Å². The Morgan fingerprint density at radius 3 is 2.41 bits per heavy atom. The highest BCUT2D eigenvalue weighted by molar-refractivity contribution is 7.58. The van der Waals surface area contributed by atoms with Crippen molar-refractivity contribution in [1.29, 1.82) is 0 Å². The summed E-state index contributed by atoms with van der Waals surface area (Å²) >= 11 is 0. The Morgan fingerprint density at radius 2 is 1.94 bits per heavy atom. The molecule has 0 radical (unpaired) electrons. The van der Waals surface area contributed by atoms with Gasteiger partial charge in [0.2, 0.25) is 7.37 Å². The van der Waals surface area contributed by atoms with Crippen LogP contribution in [0, 0.1) is 0 Å². The van der Waals surface area contributed by atoms with Gasteiger partial charge in [-0.25, -0.2) is 0 Å². The number of aliphatic carboxylic acids is 1. The van der Waals surface area contributed by atoms with Crippen molar-refractivity contribution in [1.82, 2.24) is 0 Å². The van der Waals surface area contributed by atoms with Crippen LogP contribution in [0.3, 0.4) is 0 Å². The molecule has 0 aliphatic rings. The highest BCUT2D eigenvalue weighted by Gasteiger charge is 2.29. The number of hydrogen-bond donors (Lipinski definition) is 2. The number of rotatable bonds is 6. The van der Waals surface area contributed by atoms with E-state index in [1.54, 1.807) is 37.3 Å². The molecule has 0 aliphatic heterocycles. The van der Waals surface area contributed by atoms with Gasteiger partial charge < -0.3 is 10.00 Å². The van der Waals surface area contributed by atoms with E-state index in [2.05, 4.69) is 0 Å². The lowest BCUT2D eigenvalue weighted by Crippen LogP contribution is -2.16. The molecule has 2 N–H and O–H groups in total. The molecule has 0 saturated heterocycles. The summed E-state index contributed by atoms with van der Waals surface area (Å²) in [6, 6.07) is 8.59. The van der Waals surface area contributed by atoms with Crippen LogP contribution in [0.4, 0.5) is 0 Å². The van der Waals surface area contributed by atoms with Gasteiger partial charge in [0.15, 0.2) is 0 Å². The molecule has 0 saturated carbocycles. The third kappa shape index (κ3) is 4.33. The van der Waals surface area contributed by atoms with Gasteiger partial charge in [0.05, 0.1) is 5.92 Å². The quantitative estimate of drug-likeness (QED) is 0.767. The first-order valence-electron chi connectivity index (χ1n) is 5.55. The zero-order valence-electron chi connectivity index (χ0n) is 9.74. The van der Waals surface area contributed by atoms with Crippen LogP contribution < -0.4 is 0 Å². The summed E-state index contributed by atoms with van der Waals surface area (Å²) in [6.07, 6.45) is 0.554. The molecule has 1 rings (SSSR count). The summed E-state index contributed by atoms with van der Waals surface area (Å²) in [5.74, 6) is -1.96. The molecule has 0 aliphatic carbocycles. The molecule has 1 aromatic carbocycles. The Bertz CT molecular complexity index is 416. The average Bonchev–Trinajstić information content (AvgIpc) is 2.27. The van der Waals surface area contributed by atoms with E-state index >= 15 is 0 Å². The second-order valence-electron chi connectivity index (χ2n) is 4.05. The highest BCUT2D eigenvalue weighted by atomic mass is 31.2. The molecule has 94 valence electrons. The fourth-order valence-electron chi connectivity index (χ4n) is 1.74. The van der Waals surface area contributed by atoms with Gasteiger partial charge in [0.1, 0.15) is 0 Å². The Hall–Kier alpha value is -1.12. The molecule has 2 atom stereocenters. The Balaban J connectivity index is 2.89. The second kappa shape index (κ2) is 5.99. The van der Waals surface area contributed by atoms with Gasteiger partial charge in [0, 0.05) is 12.3 Å². The highest BCUT2D eigenvalue weighted by Crippen LogP contribution is 2.45. The van der Waals surface area contributed by atoms with Crippen molar-refractivity contribution < 1.29 is 19.4 Å². The molecular weight excluding hydrogens is 239 g/mol. The van der Waals surface area contributed by atoms with Gasteiger partial charge in [-0.15, -0.1) is 0 Å². The number of carboxylic acids is 1. The van der Waals surface area contributed by atoms with Crippen molar-refractivity contribution >= 4 is 13.3 Å². The summed E-state index contributed by atoms with van der Waals surface area (Å²) in [5.41, 5.74) is 0.574. The van der Waals surface area contributed by atoms with Gasteiger partial charge in [-0.05, 0) is 12.0 Å². The maximum absolute atomic E-state index is 11.8. The van der Waals surface area contributed by atoms with Crippen molar-refractivity contribution in [3.05, 3.63) is 35.9 Å². The first-order valence-corrected chi connectivity index (χ1v) is 7.58. The number of hydrogen-bond acceptors (Lipinski definition) is 2. The van der Waals surface area contributed by atoms with E-state index in [0.717, 1.165) is 0 Å². The number of carbonyl (C=O) groups is 1. The van der Waals surface area contributed by atoms with E-state index in [9.17, 15) is 14.3 Å².